The van der Waals surface area contributed by atoms with E-state index in [0.29, 0.717) is 12.5 Å². The number of sulfone groups is 1. The van der Waals surface area contributed by atoms with E-state index in [2.05, 4.69) is 15.6 Å². The van der Waals surface area contributed by atoms with Crippen LogP contribution in [0.3, 0.4) is 0 Å². The molecule has 0 aromatic rings. The monoisotopic (exact) mass is 291 g/mol. The second-order valence-electron chi connectivity index (χ2n) is 4.93. The SMILES string of the molecule is CN=C(NCCCOCC1CC1)NCCS(C)(=O)=O. The Balaban J connectivity index is 1.98. The molecule has 1 aliphatic carbocycles. The normalized spacial score (nSPS) is 16.4. The Hall–Kier alpha value is -0.820. The van der Waals surface area contributed by atoms with Crippen molar-refractivity contribution in [2.45, 2.75) is 19.3 Å². The van der Waals surface area contributed by atoms with Crippen LogP contribution in [0.15, 0.2) is 4.99 Å². The summed E-state index contributed by atoms with van der Waals surface area (Å²) in [6, 6.07) is 0. The predicted molar refractivity (Wildman–Crippen MR) is 77.2 cm³/mol. The summed E-state index contributed by atoms with van der Waals surface area (Å²) in [6.07, 6.45) is 4.77. The molecule has 19 heavy (non-hydrogen) atoms. The number of guanidine groups is 1. The van der Waals surface area contributed by atoms with Crippen LogP contribution in [0.1, 0.15) is 19.3 Å². The average molecular weight is 291 g/mol. The maximum atomic E-state index is 11.0. The van der Waals surface area contributed by atoms with Gasteiger partial charge in [0, 0.05) is 39.6 Å². The molecule has 0 aromatic carbocycles. The van der Waals surface area contributed by atoms with Gasteiger partial charge in [0.2, 0.25) is 0 Å². The van der Waals surface area contributed by atoms with Gasteiger partial charge in [-0.2, -0.15) is 0 Å². The summed E-state index contributed by atoms with van der Waals surface area (Å²) in [4.78, 5) is 4.02. The molecule has 0 atom stereocenters. The minimum Gasteiger partial charge on any atom is -0.381 e. The number of nitrogens with one attached hydrogen (secondary N) is 2. The molecule has 0 aromatic heterocycles. The highest BCUT2D eigenvalue weighted by molar-refractivity contribution is 7.90. The van der Waals surface area contributed by atoms with E-state index in [4.69, 9.17) is 4.74 Å². The molecular formula is C12H25N3O3S. The van der Waals surface area contributed by atoms with Crippen LogP contribution in [0.5, 0.6) is 0 Å². The predicted octanol–water partition coefficient (Wildman–Crippen LogP) is 0.0127. The molecule has 0 spiro atoms. The Labute approximate surface area is 115 Å². The molecule has 0 unspecified atom stereocenters. The van der Waals surface area contributed by atoms with Crippen LogP contribution < -0.4 is 10.6 Å². The van der Waals surface area contributed by atoms with Crippen LogP contribution in [-0.2, 0) is 14.6 Å². The van der Waals surface area contributed by atoms with Gasteiger partial charge in [-0.25, -0.2) is 8.42 Å². The van der Waals surface area contributed by atoms with Gasteiger partial charge in [0.25, 0.3) is 0 Å². The minimum atomic E-state index is -2.93. The van der Waals surface area contributed by atoms with E-state index >= 15 is 0 Å². The van der Waals surface area contributed by atoms with Crippen molar-refractivity contribution in [3.63, 3.8) is 0 Å². The van der Waals surface area contributed by atoms with E-state index in [0.717, 1.165) is 32.1 Å². The highest BCUT2D eigenvalue weighted by atomic mass is 32.2. The number of hydrogen-bond donors (Lipinski definition) is 2. The van der Waals surface area contributed by atoms with E-state index in [-0.39, 0.29) is 5.75 Å². The van der Waals surface area contributed by atoms with Crippen molar-refractivity contribution in [2.75, 3.05) is 45.4 Å². The average Bonchev–Trinajstić information content (AvgIpc) is 3.13. The van der Waals surface area contributed by atoms with Gasteiger partial charge in [-0.15, -0.1) is 0 Å². The maximum Gasteiger partial charge on any atom is 0.191 e. The van der Waals surface area contributed by atoms with Crippen molar-refractivity contribution in [3.8, 4) is 0 Å². The summed E-state index contributed by atoms with van der Waals surface area (Å²) in [5.74, 6) is 1.54. The highest BCUT2D eigenvalue weighted by Gasteiger charge is 2.20. The highest BCUT2D eigenvalue weighted by Crippen LogP contribution is 2.28. The van der Waals surface area contributed by atoms with Gasteiger partial charge in [0.1, 0.15) is 9.84 Å². The van der Waals surface area contributed by atoms with Crippen LogP contribution in [-0.4, -0.2) is 59.7 Å². The van der Waals surface area contributed by atoms with Crippen LogP contribution in [0.25, 0.3) is 0 Å². The zero-order valence-corrected chi connectivity index (χ0v) is 12.6. The largest absolute Gasteiger partial charge is 0.381 e. The van der Waals surface area contributed by atoms with E-state index in [9.17, 15) is 8.42 Å². The van der Waals surface area contributed by atoms with Crippen molar-refractivity contribution in [3.05, 3.63) is 0 Å². The Kier molecular flexibility index (Phi) is 7.15. The molecule has 0 radical (unpaired) electrons. The second kappa shape index (κ2) is 8.37. The molecule has 6 nitrogen and oxygen atoms in total. The number of hydrogen-bond acceptors (Lipinski definition) is 4. The van der Waals surface area contributed by atoms with Crippen LogP contribution in [0.2, 0.25) is 0 Å². The molecule has 1 aliphatic rings. The Morgan fingerprint density at radius 2 is 2.00 bits per heavy atom. The summed E-state index contributed by atoms with van der Waals surface area (Å²) < 4.78 is 27.5. The number of nitrogens with zero attached hydrogens (tertiary/aromatic N) is 1. The molecule has 1 saturated carbocycles. The summed E-state index contributed by atoms with van der Waals surface area (Å²) >= 11 is 0. The molecule has 1 fully saturated rings. The van der Waals surface area contributed by atoms with Crippen molar-refractivity contribution in [1.82, 2.24) is 10.6 Å². The first kappa shape index (κ1) is 16.2. The molecule has 0 aliphatic heterocycles. The van der Waals surface area contributed by atoms with Gasteiger partial charge in [0.05, 0.1) is 5.75 Å². The van der Waals surface area contributed by atoms with Crippen molar-refractivity contribution < 1.29 is 13.2 Å². The molecule has 0 amide bonds. The van der Waals surface area contributed by atoms with E-state index in [1.165, 1.54) is 19.1 Å². The second-order valence-corrected chi connectivity index (χ2v) is 7.19. The van der Waals surface area contributed by atoms with Crippen LogP contribution in [0.4, 0.5) is 0 Å². The number of ether oxygens (including phenoxy) is 1. The van der Waals surface area contributed by atoms with Gasteiger partial charge in [0.15, 0.2) is 5.96 Å². The Bertz CT molecular complexity index is 378. The standard InChI is InChI=1S/C12H25N3O3S/c1-13-12(15-7-9-19(2,16)17)14-6-3-8-18-10-11-4-5-11/h11H,3-10H2,1-2H3,(H2,13,14,15). The lowest BCUT2D eigenvalue weighted by atomic mass is 10.4. The van der Waals surface area contributed by atoms with Crippen LogP contribution in [0, 0.1) is 5.92 Å². The zero-order valence-electron chi connectivity index (χ0n) is 11.8. The first-order chi connectivity index (χ1) is 9.01. The summed E-state index contributed by atoms with van der Waals surface area (Å²) in [6.45, 7) is 2.78. The van der Waals surface area contributed by atoms with E-state index in [1.807, 2.05) is 0 Å². The molecule has 112 valence electrons. The summed E-state index contributed by atoms with van der Waals surface area (Å²) in [5, 5.41) is 6.09. The molecule has 7 heteroatoms. The summed E-state index contributed by atoms with van der Waals surface area (Å²) in [5.41, 5.74) is 0. The van der Waals surface area contributed by atoms with Gasteiger partial charge in [-0.1, -0.05) is 0 Å². The molecule has 2 N–H and O–H groups in total. The quantitative estimate of drug-likeness (QED) is 0.355. The third-order valence-electron chi connectivity index (χ3n) is 2.80. The number of aliphatic imine (C=N–C) groups is 1. The Morgan fingerprint density at radius 3 is 2.58 bits per heavy atom. The van der Waals surface area contributed by atoms with Crippen molar-refractivity contribution in [2.24, 2.45) is 10.9 Å². The molecule has 0 bridgehead atoms. The lowest BCUT2D eigenvalue weighted by molar-refractivity contribution is 0.123. The third kappa shape index (κ3) is 9.72. The smallest absolute Gasteiger partial charge is 0.191 e. The Morgan fingerprint density at radius 1 is 1.32 bits per heavy atom. The molecular weight excluding hydrogens is 266 g/mol. The first-order valence-corrected chi connectivity index (χ1v) is 8.77. The lowest BCUT2D eigenvalue weighted by Crippen LogP contribution is -2.40. The lowest BCUT2D eigenvalue weighted by Gasteiger charge is -2.11. The van der Waals surface area contributed by atoms with Gasteiger partial charge in [-0.3, -0.25) is 4.99 Å². The number of rotatable bonds is 9. The minimum absolute atomic E-state index is 0.109. The van der Waals surface area contributed by atoms with Crippen molar-refractivity contribution in [1.29, 1.82) is 0 Å². The van der Waals surface area contributed by atoms with Gasteiger partial charge < -0.3 is 15.4 Å². The fraction of sp³-hybridized carbons (Fsp3) is 0.917. The van der Waals surface area contributed by atoms with Crippen LogP contribution >= 0.6 is 0 Å². The first-order valence-electron chi connectivity index (χ1n) is 6.71. The molecule has 0 saturated heterocycles. The zero-order chi connectivity index (χ0) is 14.1. The van der Waals surface area contributed by atoms with Crippen molar-refractivity contribution >= 4 is 15.8 Å². The fourth-order valence-corrected chi connectivity index (χ4v) is 1.96. The third-order valence-corrected chi connectivity index (χ3v) is 3.74. The topological polar surface area (TPSA) is 79.8 Å². The van der Waals surface area contributed by atoms with E-state index < -0.39 is 9.84 Å². The maximum absolute atomic E-state index is 11.0. The van der Waals surface area contributed by atoms with E-state index in [1.54, 1.807) is 7.05 Å². The van der Waals surface area contributed by atoms with Gasteiger partial charge >= 0.3 is 0 Å². The van der Waals surface area contributed by atoms with Gasteiger partial charge in [-0.05, 0) is 25.2 Å². The fourth-order valence-electron chi connectivity index (χ4n) is 1.49. The molecule has 0 heterocycles. The summed E-state index contributed by atoms with van der Waals surface area (Å²) in [7, 11) is -1.26. The molecule has 1 rings (SSSR count).